The van der Waals surface area contributed by atoms with Gasteiger partial charge >= 0.3 is 12.9 Å². The van der Waals surface area contributed by atoms with Gasteiger partial charge in [0.05, 0.1) is 0 Å². The molecule has 0 radical (unpaired) electrons. The van der Waals surface area contributed by atoms with Gasteiger partial charge in [-0.25, -0.2) is 0 Å². The van der Waals surface area contributed by atoms with Crippen molar-refractivity contribution in [2.24, 2.45) is 5.73 Å². The fourth-order valence-electron chi connectivity index (χ4n) is 0.782. The Balaban J connectivity index is 3.81. The van der Waals surface area contributed by atoms with Crippen LogP contribution in [0.2, 0.25) is 12.6 Å². The van der Waals surface area contributed by atoms with Gasteiger partial charge in [0, 0.05) is 5.75 Å². The Kier molecular flexibility index (Phi) is 6.29. The van der Waals surface area contributed by atoms with Crippen LogP contribution in [0.15, 0.2) is 0 Å². The quantitative estimate of drug-likeness (QED) is 0.497. The van der Waals surface area contributed by atoms with E-state index in [4.69, 9.17) is 10.4 Å². The average Bonchev–Trinajstić information content (AvgIpc) is 2.12. The van der Waals surface area contributed by atoms with Gasteiger partial charge < -0.3 is 10.4 Å². The summed E-state index contributed by atoms with van der Waals surface area (Å²) in [5.41, 5.74) is 5.42. The summed E-state index contributed by atoms with van der Waals surface area (Å²) in [6, 6.07) is -0.589. The van der Waals surface area contributed by atoms with E-state index in [0.29, 0.717) is 5.75 Å². The highest BCUT2D eigenvalue weighted by Gasteiger charge is 2.19. The Bertz CT molecular complexity index is 141. The summed E-state index contributed by atoms with van der Waals surface area (Å²) in [5.74, 6) is -0.0161. The molecule has 1 atom stereocenters. The van der Waals surface area contributed by atoms with Crippen LogP contribution >= 0.6 is 12.6 Å². The fourth-order valence-corrected chi connectivity index (χ4v) is 0.931. The van der Waals surface area contributed by atoms with E-state index in [9.17, 15) is 4.79 Å². The van der Waals surface area contributed by atoms with Crippen LogP contribution in [0.3, 0.4) is 0 Å². The molecule has 0 fully saturated rings. The third-order valence-corrected chi connectivity index (χ3v) is 2.09. The van der Waals surface area contributed by atoms with Crippen LogP contribution in [-0.4, -0.2) is 24.7 Å². The lowest BCUT2D eigenvalue weighted by Gasteiger charge is -2.13. The van der Waals surface area contributed by atoms with Gasteiger partial charge in [0.15, 0.2) is 0 Å². The molecule has 0 heterocycles. The van der Waals surface area contributed by atoms with Crippen LogP contribution in [0.25, 0.3) is 0 Å². The minimum atomic E-state index is -0.589. The first-order valence-electron chi connectivity index (χ1n) is 4.22. The molecule has 5 heteroatoms. The second-order valence-electron chi connectivity index (χ2n) is 2.66. The van der Waals surface area contributed by atoms with Gasteiger partial charge in [-0.2, -0.15) is 12.6 Å². The van der Waals surface area contributed by atoms with Crippen LogP contribution < -0.4 is 5.73 Å². The minimum absolute atomic E-state index is 0.00318. The lowest BCUT2D eigenvalue weighted by atomic mass is 9.62. The van der Waals surface area contributed by atoms with Crippen LogP contribution in [0, 0.1) is 0 Å². The fraction of sp³-hybridized carbons (Fsp3) is 0.857. The normalized spacial score (nSPS) is 12.3. The molecule has 0 aliphatic heterocycles. The second-order valence-corrected chi connectivity index (χ2v) is 3.03. The van der Waals surface area contributed by atoms with Gasteiger partial charge in [0.25, 0.3) is 0 Å². The second kappa shape index (κ2) is 6.37. The predicted octanol–water partition coefficient (Wildman–Crippen LogP) is 0.818. The van der Waals surface area contributed by atoms with Crippen molar-refractivity contribution in [3.8, 4) is 0 Å². The van der Waals surface area contributed by atoms with Crippen LogP contribution in [0.1, 0.15) is 13.8 Å². The molecule has 0 spiro atoms. The standard InChI is InChI=1S/C7H16BNO2S/c1-3-8(4-2)11-7(10)6(9)5-12/h6,12H,3-5,9H2,1-2H3/t6-/m1/s1. The van der Waals surface area contributed by atoms with E-state index in [0.717, 1.165) is 12.6 Å². The molecule has 3 nitrogen and oxygen atoms in total. The Morgan fingerprint density at radius 3 is 2.42 bits per heavy atom. The first kappa shape index (κ1) is 11.8. The lowest BCUT2D eigenvalue weighted by molar-refractivity contribution is -0.135. The predicted molar refractivity (Wildman–Crippen MR) is 54.6 cm³/mol. The monoisotopic (exact) mass is 189 g/mol. The number of carbonyl (C=O) groups excluding carboxylic acids is 1. The topological polar surface area (TPSA) is 52.3 Å². The summed E-state index contributed by atoms with van der Waals surface area (Å²) in [6.07, 6.45) is 1.67. The maximum absolute atomic E-state index is 11.1. The zero-order valence-electron chi connectivity index (χ0n) is 7.62. The van der Waals surface area contributed by atoms with Gasteiger partial charge in [-0.3, -0.25) is 4.79 Å². The zero-order chi connectivity index (χ0) is 9.56. The van der Waals surface area contributed by atoms with Crippen molar-refractivity contribution >= 4 is 25.5 Å². The molecule has 2 N–H and O–H groups in total. The summed E-state index contributed by atoms with van der Waals surface area (Å²) in [7, 11) is 0. The molecular weight excluding hydrogens is 173 g/mol. The number of carbonyl (C=O) groups is 1. The summed E-state index contributed by atoms with van der Waals surface area (Å²) in [4.78, 5) is 11.1. The van der Waals surface area contributed by atoms with Gasteiger partial charge in [-0.1, -0.05) is 13.8 Å². The molecule has 12 heavy (non-hydrogen) atoms. The Labute approximate surface area is 79.6 Å². The van der Waals surface area contributed by atoms with E-state index in [1.165, 1.54) is 0 Å². The third kappa shape index (κ3) is 4.02. The Hall–Kier alpha value is -0.155. The average molecular weight is 189 g/mol. The third-order valence-electron chi connectivity index (χ3n) is 1.69. The number of rotatable bonds is 5. The Morgan fingerprint density at radius 2 is 2.08 bits per heavy atom. The van der Waals surface area contributed by atoms with Gasteiger partial charge in [-0.05, 0) is 12.6 Å². The van der Waals surface area contributed by atoms with Gasteiger partial charge in [-0.15, -0.1) is 0 Å². The van der Waals surface area contributed by atoms with E-state index in [1.54, 1.807) is 0 Å². The SMILES string of the molecule is CCB(CC)OC(=O)[C@H](N)CS. The van der Waals surface area contributed by atoms with E-state index in [1.807, 2.05) is 13.8 Å². The van der Waals surface area contributed by atoms with Crippen molar-refractivity contribution in [2.75, 3.05) is 5.75 Å². The molecule has 0 aliphatic carbocycles. The van der Waals surface area contributed by atoms with Crippen molar-refractivity contribution in [1.82, 2.24) is 0 Å². The minimum Gasteiger partial charge on any atom is -0.535 e. The molecule has 0 saturated carbocycles. The molecule has 0 saturated heterocycles. The number of hydrogen-bond acceptors (Lipinski definition) is 4. The molecule has 0 amide bonds. The van der Waals surface area contributed by atoms with E-state index in [-0.39, 0.29) is 12.9 Å². The smallest absolute Gasteiger partial charge is 0.361 e. The van der Waals surface area contributed by atoms with Crippen LogP contribution in [-0.2, 0) is 9.45 Å². The van der Waals surface area contributed by atoms with Crippen molar-refractivity contribution < 1.29 is 9.45 Å². The summed E-state index contributed by atoms with van der Waals surface area (Å²) < 4.78 is 5.09. The van der Waals surface area contributed by atoms with E-state index >= 15 is 0 Å². The highest BCUT2D eigenvalue weighted by atomic mass is 32.1. The molecule has 0 bridgehead atoms. The highest BCUT2D eigenvalue weighted by Crippen LogP contribution is 2.01. The Morgan fingerprint density at radius 1 is 1.58 bits per heavy atom. The number of nitrogens with two attached hydrogens (primary N) is 1. The maximum atomic E-state index is 11.1. The first-order chi connectivity index (χ1) is 5.65. The maximum Gasteiger partial charge on any atom is 0.361 e. The number of thiol groups is 1. The molecule has 0 aromatic carbocycles. The molecule has 0 rings (SSSR count). The summed E-state index contributed by atoms with van der Waals surface area (Å²) >= 11 is 3.91. The molecule has 70 valence electrons. The highest BCUT2D eigenvalue weighted by molar-refractivity contribution is 7.80. The molecule has 0 unspecified atom stereocenters. The summed E-state index contributed by atoms with van der Waals surface area (Å²) in [6.45, 7) is 3.96. The van der Waals surface area contributed by atoms with Crippen molar-refractivity contribution in [1.29, 1.82) is 0 Å². The molecule has 0 aromatic heterocycles. The summed E-state index contributed by atoms with van der Waals surface area (Å²) in [5, 5.41) is 0. The van der Waals surface area contributed by atoms with Gasteiger partial charge in [0.1, 0.15) is 6.04 Å². The van der Waals surface area contributed by atoms with Crippen LogP contribution in [0.4, 0.5) is 0 Å². The van der Waals surface area contributed by atoms with E-state index < -0.39 is 6.04 Å². The molecule has 0 aromatic rings. The lowest BCUT2D eigenvalue weighted by Crippen LogP contribution is -2.37. The zero-order valence-corrected chi connectivity index (χ0v) is 8.51. The molecular formula is C7H16BNO2S. The largest absolute Gasteiger partial charge is 0.535 e. The van der Waals surface area contributed by atoms with Crippen LogP contribution in [0.5, 0.6) is 0 Å². The van der Waals surface area contributed by atoms with Crippen molar-refractivity contribution in [2.45, 2.75) is 32.5 Å². The van der Waals surface area contributed by atoms with E-state index in [2.05, 4.69) is 12.6 Å². The van der Waals surface area contributed by atoms with Crippen molar-refractivity contribution in [3.05, 3.63) is 0 Å². The molecule has 0 aliphatic rings. The first-order valence-corrected chi connectivity index (χ1v) is 4.85. The van der Waals surface area contributed by atoms with Crippen molar-refractivity contribution in [3.63, 3.8) is 0 Å². The number of hydrogen-bond donors (Lipinski definition) is 2. The van der Waals surface area contributed by atoms with Gasteiger partial charge in [0.2, 0.25) is 0 Å².